The molecule has 0 aromatic carbocycles. The van der Waals surface area contributed by atoms with Crippen LogP contribution in [0.5, 0.6) is 0 Å². The van der Waals surface area contributed by atoms with Crippen LogP contribution in [0.2, 0.25) is 6.82 Å². The lowest BCUT2D eigenvalue weighted by Gasteiger charge is -2.40. The molecule has 1 aromatic heterocycles. The lowest BCUT2D eigenvalue weighted by Crippen LogP contribution is -2.54. The van der Waals surface area contributed by atoms with E-state index >= 15 is 0 Å². The van der Waals surface area contributed by atoms with Gasteiger partial charge in [-0.2, -0.15) is 0 Å². The van der Waals surface area contributed by atoms with Gasteiger partial charge in [-0.1, -0.05) is 0 Å². The number of β-amino-alcohol motifs (C(OH)–C–C–N with tert-alkyl or cyclic N) is 1. The van der Waals surface area contributed by atoms with E-state index in [2.05, 4.69) is 4.98 Å². The molecule has 1 fully saturated rings. The van der Waals surface area contributed by atoms with Gasteiger partial charge in [-0.25, -0.2) is 4.98 Å². The molecule has 94 valence electrons. The minimum absolute atomic E-state index is 0.495. The van der Waals surface area contributed by atoms with Crippen molar-refractivity contribution in [2.75, 3.05) is 13.1 Å². The van der Waals surface area contributed by atoms with Gasteiger partial charge in [0.2, 0.25) is 0 Å². The van der Waals surface area contributed by atoms with Crippen LogP contribution in [0.1, 0.15) is 18.5 Å². The molecule has 2 N–H and O–H groups in total. The zero-order valence-corrected chi connectivity index (χ0v) is 10.5. The van der Waals surface area contributed by atoms with Crippen LogP contribution < -0.4 is 0 Å². The smallest absolute Gasteiger partial charge is 0.376 e. The zero-order chi connectivity index (χ0) is 12.5. The Labute approximate surface area is 102 Å². The molecule has 0 spiro atoms. The number of aliphatic hydroxyl groups is 1. The molecule has 0 radical (unpaired) electrons. The molecule has 1 atom stereocenters. The molecule has 2 rings (SSSR count). The molecule has 0 aliphatic carbocycles. The summed E-state index contributed by atoms with van der Waals surface area (Å²) in [5, 5.41) is 20.2. The molecular formula is C11H20BN3O2. The molecule has 1 aromatic rings. The van der Waals surface area contributed by atoms with E-state index in [-0.39, 0.29) is 0 Å². The standard InChI is InChI=1S/C11H20BN3O2/c1-10-6-13-9-14(10)7-11(16)4-3-5-15(8-11)12(2)17/h6,9,16-17H,3-5,7-8H2,1-2H3. The van der Waals surface area contributed by atoms with E-state index in [1.54, 1.807) is 19.3 Å². The van der Waals surface area contributed by atoms with Crippen LogP contribution in [0, 0.1) is 6.92 Å². The number of hydrogen-bond acceptors (Lipinski definition) is 4. The number of aryl methyl sites for hydroxylation is 1. The van der Waals surface area contributed by atoms with Crippen LogP contribution in [0.3, 0.4) is 0 Å². The molecule has 1 aliphatic rings. The lowest BCUT2D eigenvalue weighted by molar-refractivity contribution is -0.0264. The first kappa shape index (κ1) is 12.6. The second-order valence-electron chi connectivity index (χ2n) is 5.09. The van der Waals surface area contributed by atoms with Crippen molar-refractivity contribution in [2.24, 2.45) is 0 Å². The van der Waals surface area contributed by atoms with Crippen molar-refractivity contribution in [3.05, 3.63) is 18.2 Å². The summed E-state index contributed by atoms with van der Waals surface area (Å²) >= 11 is 0. The Bertz CT molecular complexity index is 383. The summed E-state index contributed by atoms with van der Waals surface area (Å²) < 4.78 is 1.96. The summed E-state index contributed by atoms with van der Waals surface area (Å²) in [6, 6.07) is 0. The van der Waals surface area contributed by atoms with Gasteiger partial charge in [0.05, 0.1) is 18.5 Å². The minimum Gasteiger partial charge on any atom is -0.437 e. The van der Waals surface area contributed by atoms with Gasteiger partial charge in [0.25, 0.3) is 0 Å². The average Bonchev–Trinajstić information content (AvgIpc) is 2.64. The maximum Gasteiger partial charge on any atom is 0.376 e. The molecule has 0 saturated carbocycles. The number of rotatable bonds is 3. The van der Waals surface area contributed by atoms with E-state index in [1.807, 2.05) is 16.3 Å². The van der Waals surface area contributed by atoms with Crippen LogP contribution in [0.15, 0.2) is 12.5 Å². The van der Waals surface area contributed by atoms with Crippen molar-refractivity contribution < 1.29 is 10.1 Å². The molecule has 17 heavy (non-hydrogen) atoms. The maximum absolute atomic E-state index is 10.6. The Kier molecular flexibility index (Phi) is 3.56. The normalized spacial score (nSPS) is 26.1. The average molecular weight is 237 g/mol. The quantitative estimate of drug-likeness (QED) is 0.733. The molecular weight excluding hydrogens is 217 g/mol. The molecule has 5 nitrogen and oxygen atoms in total. The van der Waals surface area contributed by atoms with Gasteiger partial charge in [-0.15, -0.1) is 0 Å². The van der Waals surface area contributed by atoms with Crippen molar-refractivity contribution in [1.82, 2.24) is 14.4 Å². The van der Waals surface area contributed by atoms with Crippen molar-refractivity contribution >= 4 is 7.05 Å². The highest BCUT2D eigenvalue weighted by Gasteiger charge is 2.36. The molecule has 1 unspecified atom stereocenters. The molecule has 6 heteroatoms. The van der Waals surface area contributed by atoms with Crippen molar-refractivity contribution in [3.8, 4) is 0 Å². The van der Waals surface area contributed by atoms with Gasteiger partial charge in [0.15, 0.2) is 0 Å². The molecule has 0 amide bonds. The largest absolute Gasteiger partial charge is 0.437 e. The Morgan fingerprint density at radius 1 is 1.59 bits per heavy atom. The summed E-state index contributed by atoms with van der Waals surface area (Å²) in [5.74, 6) is 0. The first-order valence-corrected chi connectivity index (χ1v) is 6.11. The minimum atomic E-state index is -0.763. The third-order valence-electron chi connectivity index (χ3n) is 3.50. The predicted molar refractivity (Wildman–Crippen MR) is 66.6 cm³/mol. The third kappa shape index (κ3) is 2.88. The third-order valence-corrected chi connectivity index (χ3v) is 3.50. The number of aromatic nitrogens is 2. The van der Waals surface area contributed by atoms with Gasteiger partial charge in [0, 0.05) is 18.4 Å². The Morgan fingerprint density at radius 2 is 2.35 bits per heavy atom. The summed E-state index contributed by atoms with van der Waals surface area (Å²) in [6.07, 6.45) is 5.22. The van der Waals surface area contributed by atoms with E-state index < -0.39 is 12.7 Å². The molecule has 1 aliphatic heterocycles. The Morgan fingerprint density at radius 3 is 2.94 bits per heavy atom. The first-order chi connectivity index (χ1) is 8.00. The van der Waals surface area contributed by atoms with Crippen molar-refractivity contribution in [1.29, 1.82) is 0 Å². The second kappa shape index (κ2) is 4.80. The summed E-state index contributed by atoms with van der Waals surface area (Å²) in [6.45, 7) is 5.63. The maximum atomic E-state index is 10.6. The van der Waals surface area contributed by atoms with E-state index in [0.29, 0.717) is 13.1 Å². The number of piperidine rings is 1. The Hall–Kier alpha value is -0.845. The topological polar surface area (TPSA) is 61.5 Å². The fourth-order valence-electron chi connectivity index (χ4n) is 2.46. The van der Waals surface area contributed by atoms with Gasteiger partial charge >= 0.3 is 7.05 Å². The SMILES string of the molecule is CB(O)N1CCCC(O)(Cn2cncc2C)C1. The van der Waals surface area contributed by atoms with E-state index in [1.165, 1.54) is 0 Å². The summed E-state index contributed by atoms with van der Waals surface area (Å²) in [4.78, 5) is 5.97. The number of nitrogens with zero attached hydrogens (tertiary/aromatic N) is 3. The fourth-order valence-corrected chi connectivity index (χ4v) is 2.46. The summed E-state index contributed by atoms with van der Waals surface area (Å²) in [5.41, 5.74) is 0.286. The number of hydrogen-bond donors (Lipinski definition) is 2. The molecule has 1 saturated heterocycles. The van der Waals surface area contributed by atoms with Gasteiger partial charge in [0.1, 0.15) is 0 Å². The van der Waals surface area contributed by atoms with E-state index in [9.17, 15) is 10.1 Å². The van der Waals surface area contributed by atoms with E-state index in [4.69, 9.17) is 0 Å². The van der Waals surface area contributed by atoms with Gasteiger partial charge in [-0.05, 0) is 33.1 Å². The van der Waals surface area contributed by atoms with Crippen LogP contribution in [-0.4, -0.2) is 50.2 Å². The fraction of sp³-hybridized carbons (Fsp3) is 0.727. The zero-order valence-electron chi connectivity index (χ0n) is 10.5. The lowest BCUT2D eigenvalue weighted by atomic mass is 9.79. The first-order valence-electron chi connectivity index (χ1n) is 6.11. The Balaban J connectivity index is 2.06. The number of imidazole rings is 1. The van der Waals surface area contributed by atoms with Gasteiger partial charge in [-0.3, -0.25) is 0 Å². The second-order valence-corrected chi connectivity index (χ2v) is 5.09. The summed E-state index contributed by atoms with van der Waals surface area (Å²) in [7, 11) is -0.495. The van der Waals surface area contributed by atoms with Gasteiger partial charge < -0.3 is 19.5 Å². The highest BCUT2D eigenvalue weighted by Crippen LogP contribution is 2.23. The van der Waals surface area contributed by atoms with Crippen LogP contribution in [-0.2, 0) is 6.54 Å². The van der Waals surface area contributed by atoms with Crippen molar-refractivity contribution in [2.45, 2.75) is 38.7 Å². The monoisotopic (exact) mass is 237 g/mol. The van der Waals surface area contributed by atoms with E-state index in [0.717, 1.165) is 25.1 Å². The molecule has 0 bridgehead atoms. The highest BCUT2D eigenvalue weighted by molar-refractivity contribution is 6.45. The van der Waals surface area contributed by atoms with Crippen LogP contribution >= 0.6 is 0 Å². The van der Waals surface area contributed by atoms with Crippen molar-refractivity contribution in [3.63, 3.8) is 0 Å². The predicted octanol–water partition coefficient (Wildman–Crippen LogP) is 0.129. The van der Waals surface area contributed by atoms with Crippen LogP contribution in [0.4, 0.5) is 0 Å². The highest BCUT2D eigenvalue weighted by atomic mass is 16.3. The van der Waals surface area contributed by atoms with Crippen LogP contribution in [0.25, 0.3) is 0 Å². The molecule has 2 heterocycles.